The zero-order valence-electron chi connectivity index (χ0n) is 13.0. The van der Waals surface area contributed by atoms with E-state index in [9.17, 15) is 13.2 Å². The maximum Gasteiger partial charge on any atom is 0.238 e. The van der Waals surface area contributed by atoms with Crippen LogP contribution in [0.5, 0.6) is 0 Å². The van der Waals surface area contributed by atoms with Gasteiger partial charge in [-0.1, -0.05) is 19.9 Å². The van der Waals surface area contributed by atoms with Crippen LogP contribution in [0.15, 0.2) is 23.1 Å². The number of rotatable bonds is 6. The van der Waals surface area contributed by atoms with Gasteiger partial charge in [0.15, 0.2) is 9.84 Å². The number of hydrogen-bond donors (Lipinski definition) is 2. The van der Waals surface area contributed by atoms with Gasteiger partial charge in [0.1, 0.15) is 5.25 Å². The maximum absolute atomic E-state index is 12.6. The summed E-state index contributed by atoms with van der Waals surface area (Å²) in [5, 5.41) is 1.60. The van der Waals surface area contributed by atoms with Crippen LogP contribution in [-0.2, 0) is 14.6 Å². The van der Waals surface area contributed by atoms with Gasteiger partial charge in [-0.2, -0.15) is 0 Å². The maximum atomic E-state index is 12.6. The van der Waals surface area contributed by atoms with E-state index in [2.05, 4.69) is 5.32 Å². The first kappa shape index (κ1) is 17.5. The average Bonchev–Trinajstić information content (AvgIpc) is 2.45. The van der Waals surface area contributed by atoms with Crippen molar-refractivity contribution in [1.29, 1.82) is 0 Å². The Bertz CT molecular complexity index is 607. The molecule has 118 valence electrons. The van der Waals surface area contributed by atoms with Crippen LogP contribution in [-0.4, -0.2) is 25.6 Å². The van der Waals surface area contributed by atoms with Gasteiger partial charge >= 0.3 is 0 Å². The summed E-state index contributed by atoms with van der Waals surface area (Å²) >= 11 is 0. The van der Waals surface area contributed by atoms with E-state index in [0.29, 0.717) is 0 Å². The standard InChI is InChI=1S/C15H24N2O3S/c1-5-12(6-2)17-15(18)11(4)21(19,20)14-9-10(3)7-8-13(14)16/h7-9,11-12H,5-6,16H2,1-4H3,(H,17,18). The number of amides is 1. The molecule has 21 heavy (non-hydrogen) atoms. The van der Waals surface area contributed by atoms with Crippen molar-refractivity contribution in [3.05, 3.63) is 23.8 Å². The predicted octanol–water partition coefficient (Wildman–Crippen LogP) is 2.04. The molecule has 1 aromatic carbocycles. The third-order valence-electron chi connectivity index (χ3n) is 3.64. The smallest absolute Gasteiger partial charge is 0.238 e. The molecule has 1 atom stereocenters. The Kier molecular flexibility index (Phi) is 5.78. The second-order valence-corrected chi connectivity index (χ2v) is 7.49. The topological polar surface area (TPSA) is 89.3 Å². The summed E-state index contributed by atoms with van der Waals surface area (Å²) in [5.74, 6) is -0.482. The first-order chi connectivity index (χ1) is 9.73. The van der Waals surface area contributed by atoms with Crippen LogP contribution in [0.2, 0.25) is 0 Å². The van der Waals surface area contributed by atoms with Gasteiger partial charge in [-0.25, -0.2) is 8.42 Å². The Morgan fingerprint density at radius 3 is 2.38 bits per heavy atom. The first-order valence-electron chi connectivity index (χ1n) is 7.14. The molecule has 6 heteroatoms. The number of hydrogen-bond acceptors (Lipinski definition) is 4. The molecule has 0 fully saturated rings. The number of anilines is 1. The van der Waals surface area contributed by atoms with Crippen molar-refractivity contribution in [2.24, 2.45) is 0 Å². The van der Waals surface area contributed by atoms with Crippen LogP contribution in [0.4, 0.5) is 5.69 Å². The minimum absolute atomic E-state index is 0.00925. The molecule has 0 saturated carbocycles. The first-order valence-corrected chi connectivity index (χ1v) is 8.69. The molecule has 1 amide bonds. The number of nitrogens with one attached hydrogen (secondary N) is 1. The lowest BCUT2D eigenvalue weighted by atomic mass is 10.2. The van der Waals surface area contributed by atoms with Gasteiger partial charge in [0.2, 0.25) is 5.91 Å². The molecule has 0 aliphatic rings. The van der Waals surface area contributed by atoms with Gasteiger partial charge in [0.25, 0.3) is 0 Å². The SMILES string of the molecule is CCC(CC)NC(=O)C(C)S(=O)(=O)c1cc(C)ccc1N. The molecule has 1 unspecified atom stereocenters. The summed E-state index contributed by atoms with van der Waals surface area (Å²) in [6.45, 7) is 7.08. The van der Waals surface area contributed by atoms with E-state index in [4.69, 9.17) is 5.73 Å². The van der Waals surface area contributed by atoms with Gasteiger partial charge in [-0.05, 0) is 44.4 Å². The summed E-state index contributed by atoms with van der Waals surface area (Å²) in [7, 11) is -3.79. The van der Waals surface area contributed by atoms with Crippen molar-refractivity contribution < 1.29 is 13.2 Å². The number of benzene rings is 1. The molecule has 5 nitrogen and oxygen atoms in total. The van der Waals surface area contributed by atoms with E-state index in [-0.39, 0.29) is 16.6 Å². The Morgan fingerprint density at radius 1 is 1.29 bits per heavy atom. The zero-order valence-corrected chi connectivity index (χ0v) is 13.8. The van der Waals surface area contributed by atoms with Crippen LogP contribution < -0.4 is 11.1 Å². The quantitative estimate of drug-likeness (QED) is 0.787. The Hall–Kier alpha value is -1.56. The summed E-state index contributed by atoms with van der Waals surface area (Å²) in [6.07, 6.45) is 1.53. The highest BCUT2D eigenvalue weighted by Gasteiger charge is 2.32. The lowest BCUT2D eigenvalue weighted by Crippen LogP contribution is -2.43. The molecule has 0 heterocycles. The fourth-order valence-corrected chi connectivity index (χ4v) is 3.51. The number of aryl methyl sites for hydroxylation is 1. The molecule has 1 aromatic rings. The molecular weight excluding hydrogens is 288 g/mol. The molecule has 0 aliphatic heterocycles. The zero-order chi connectivity index (χ0) is 16.2. The van der Waals surface area contributed by atoms with Crippen molar-refractivity contribution >= 4 is 21.4 Å². The highest BCUT2D eigenvalue weighted by atomic mass is 32.2. The third-order valence-corrected chi connectivity index (χ3v) is 5.75. The van der Waals surface area contributed by atoms with Crippen molar-refractivity contribution in [2.45, 2.75) is 56.7 Å². The van der Waals surface area contributed by atoms with E-state index < -0.39 is 21.0 Å². The molecule has 0 aliphatic carbocycles. The van der Waals surface area contributed by atoms with E-state index in [1.165, 1.54) is 13.0 Å². The van der Waals surface area contributed by atoms with Crippen LogP contribution in [0.3, 0.4) is 0 Å². The normalized spacial score (nSPS) is 13.2. The second-order valence-electron chi connectivity index (χ2n) is 5.25. The summed E-state index contributed by atoms with van der Waals surface area (Å²) in [5.41, 5.74) is 6.71. The van der Waals surface area contributed by atoms with E-state index in [0.717, 1.165) is 18.4 Å². The Morgan fingerprint density at radius 2 is 1.86 bits per heavy atom. The predicted molar refractivity (Wildman–Crippen MR) is 84.8 cm³/mol. The minimum Gasteiger partial charge on any atom is -0.398 e. The van der Waals surface area contributed by atoms with Crippen LogP contribution in [0, 0.1) is 6.92 Å². The highest BCUT2D eigenvalue weighted by molar-refractivity contribution is 7.93. The van der Waals surface area contributed by atoms with Crippen LogP contribution in [0.25, 0.3) is 0 Å². The lowest BCUT2D eigenvalue weighted by molar-refractivity contribution is -0.121. The average molecular weight is 312 g/mol. The van der Waals surface area contributed by atoms with Gasteiger partial charge in [-0.15, -0.1) is 0 Å². The van der Waals surface area contributed by atoms with Gasteiger partial charge < -0.3 is 11.1 Å². The molecule has 1 rings (SSSR count). The molecule has 3 N–H and O–H groups in total. The number of nitrogen functional groups attached to an aromatic ring is 1. The van der Waals surface area contributed by atoms with Gasteiger partial charge in [0.05, 0.1) is 10.6 Å². The third kappa shape index (κ3) is 3.97. The second kappa shape index (κ2) is 6.93. The number of nitrogens with two attached hydrogens (primary N) is 1. The van der Waals surface area contributed by atoms with Crippen molar-refractivity contribution in [3.63, 3.8) is 0 Å². The Balaban J connectivity index is 3.07. The fraction of sp³-hybridized carbons (Fsp3) is 0.533. The van der Waals surface area contributed by atoms with Crippen LogP contribution >= 0.6 is 0 Å². The van der Waals surface area contributed by atoms with E-state index in [1.807, 2.05) is 13.8 Å². The molecule has 0 radical (unpaired) electrons. The monoisotopic (exact) mass is 312 g/mol. The van der Waals surface area contributed by atoms with Gasteiger partial charge in [-0.3, -0.25) is 4.79 Å². The molecule has 0 spiro atoms. The molecule has 0 aromatic heterocycles. The summed E-state index contributed by atoms with van der Waals surface area (Å²) < 4.78 is 25.1. The summed E-state index contributed by atoms with van der Waals surface area (Å²) in [6, 6.07) is 4.78. The summed E-state index contributed by atoms with van der Waals surface area (Å²) in [4.78, 5) is 12.2. The fourth-order valence-electron chi connectivity index (χ4n) is 2.03. The lowest BCUT2D eigenvalue weighted by Gasteiger charge is -2.19. The van der Waals surface area contributed by atoms with Crippen LogP contribution in [0.1, 0.15) is 39.2 Å². The molecular formula is C15H24N2O3S. The van der Waals surface area contributed by atoms with Crippen molar-refractivity contribution in [3.8, 4) is 0 Å². The Labute approximate surface area is 126 Å². The molecule has 0 bridgehead atoms. The number of sulfone groups is 1. The largest absolute Gasteiger partial charge is 0.398 e. The number of carbonyl (C=O) groups is 1. The highest BCUT2D eigenvalue weighted by Crippen LogP contribution is 2.24. The van der Waals surface area contributed by atoms with Gasteiger partial charge in [0, 0.05) is 6.04 Å². The van der Waals surface area contributed by atoms with E-state index >= 15 is 0 Å². The molecule has 0 saturated heterocycles. The number of carbonyl (C=O) groups excluding carboxylic acids is 1. The van der Waals surface area contributed by atoms with Crippen molar-refractivity contribution in [1.82, 2.24) is 5.32 Å². The minimum atomic E-state index is -3.79. The van der Waals surface area contributed by atoms with E-state index in [1.54, 1.807) is 19.1 Å². The van der Waals surface area contributed by atoms with Crippen molar-refractivity contribution in [2.75, 3.05) is 5.73 Å².